The highest BCUT2D eigenvalue weighted by Gasteiger charge is 1.85. The van der Waals surface area contributed by atoms with Gasteiger partial charge in [0.05, 0.1) is 0 Å². The molecule has 0 heteroatoms. The Kier molecular flexibility index (Phi) is 10.5. The number of allylic oxidation sites excluding steroid dienone is 2. The highest BCUT2D eigenvalue weighted by atomic mass is 13.9. The van der Waals surface area contributed by atoms with Gasteiger partial charge < -0.3 is 0 Å². The van der Waals surface area contributed by atoms with E-state index in [1.54, 1.807) is 0 Å². The van der Waals surface area contributed by atoms with Crippen molar-refractivity contribution in [2.45, 2.75) is 58.3 Å². The van der Waals surface area contributed by atoms with Crippen LogP contribution in [0.15, 0.2) is 12.2 Å². The lowest BCUT2D eigenvalue weighted by Crippen LogP contribution is -1.75. The average molecular weight is 167 g/mol. The molecule has 0 atom stereocenters. The van der Waals surface area contributed by atoms with E-state index < -0.39 is 0 Å². The van der Waals surface area contributed by atoms with Crippen LogP contribution in [0.5, 0.6) is 0 Å². The number of unbranched alkanes of at least 4 members (excludes halogenated alkanes) is 6. The topological polar surface area (TPSA) is 0 Å². The molecular weight excluding hydrogens is 144 g/mol. The summed E-state index contributed by atoms with van der Waals surface area (Å²) in [5.74, 6) is 0. The molecule has 71 valence electrons. The van der Waals surface area contributed by atoms with Gasteiger partial charge in [-0.1, -0.05) is 51.7 Å². The molecule has 1 radical (unpaired) electrons. The summed E-state index contributed by atoms with van der Waals surface area (Å²) < 4.78 is 0. The molecule has 0 N–H and O–H groups in total. The summed E-state index contributed by atoms with van der Waals surface area (Å²) in [6.45, 7) is 6.05. The Hall–Kier alpha value is -0.260. The lowest BCUT2D eigenvalue weighted by molar-refractivity contribution is 0.637. The zero-order valence-electron chi connectivity index (χ0n) is 8.52. The minimum atomic E-state index is 1.03. The van der Waals surface area contributed by atoms with Crippen LogP contribution in [-0.4, -0.2) is 0 Å². The fraction of sp³-hybridized carbons (Fsp3) is 0.750. The molecule has 0 heterocycles. The van der Waals surface area contributed by atoms with Crippen LogP contribution in [0.3, 0.4) is 0 Å². The summed E-state index contributed by atoms with van der Waals surface area (Å²) in [6.07, 6.45) is 14.9. The number of rotatable bonds is 8. The van der Waals surface area contributed by atoms with Crippen LogP contribution in [0, 0.1) is 6.92 Å². The van der Waals surface area contributed by atoms with E-state index in [1.165, 1.54) is 38.5 Å². The lowest BCUT2D eigenvalue weighted by atomic mass is 10.1. The molecule has 0 aliphatic rings. The molecular formula is C12H23. The molecule has 0 nitrogen and oxygen atoms in total. The maximum Gasteiger partial charge on any atom is -0.0351 e. The predicted molar refractivity (Wildman–Crippen MR) is 57.1 cm³/mol. The van der Waals surface area contributed by atoms with Gasteiger partial charge in [0.15, 0.2) is 0 Å². The van der Waals surface area contributed by atoms with Gasteiger partial charge >= 0.3 is 0 Å². The second kappa shape index (κ2) is 10.7. The number of hydrogen-bond donors (Lipinski definition) is 0. The van der Waals surface area contributed by atoms with Crippen LogP contribution < -0.4 is 0 Å². The normalized spacial score (nSPS) is 11.2. The zero-order valence-corrected chi connectivity index (χ0v) is 8.52. The smallest absolute Gasteiger partial charge is 0.0351 e. The van der Waals surface area contributed by atoms with Crippen LogP contribution in [0.4, 0.5) is 0 Å². The Morgan fingerprint density at radius 1 is 0.917 bits per heavy atom. The van der Waals surface area contributed by atoms with E-state index in [9.17, 15) is 0 Å². The molecule has 0 saturated heterocycles. The van der Waals surface area contributed by atoms with Crippen molar-refractivity contribution in [3.05, 3.63) is 19.1 Å². The van der Waals surface area contributed by atoms with Gasteiger partial charge in [-0.15, -0.1) is 0 Å². The SMILES string of the molecule is [CH2]CC/C=C/CCCCCCC. The van der Waals surface area contributed by atoms with Crippen LogP contribution in [-0.2, 0) is 0 Å². The summed E-state index contributed by atoms with van der Waals surface area (Å²) in [5, 5.41) is 0. The monoisotopic (exact) mass is 167 g/mol. The van der Waals surface area contributed by atoms with E-state index >= 15 is 0 Å². The Morgan fingerprint density at radius 2 is 1.58 bits per heavy atom. The molecule has 0 aromatic carbocycles. The van der Waals surface area contributed by atoms with Crippen molar-refractivity contribution in [1.82, 2.24) is 0 Å². The predicted octanol–water partition coefficient (Wildman–Crippen LogP) is 4.52. The number of hydrogen-bond acceptors (Lipinski definition) is 0. The molecule has 0 rings (SSSR count). The molecule has 0 aromatic rings. The van der Waals surface area contributed by atoms with Crippen LogP contribution in [0.25, 0.3) is 0 Å². The van der Waals surface area contributed by atoms with Crippen molar-refractivity contribution in [1.29, 1.82) is 0 Å². The molecule has 0 saturated carbocycles. The Balaban J connectivity index is 2.90. The quantitative estimate of drug-likeness (QED) is 0.368. The maximum atomic E-state index is 3.79. The van der Waals surface area contributed by atoms with E-state index in [0.717, 1.165) is 12.8 Å². The first-order chi connectivity index (χ1) is 5.91. The summed E-state index contributed by atoms with van der Waals surface area (Å²) in [4.78, 5) is 0. The van der Waals surface area contributed by atoms with Crippen LogP contribution in [0.1, 0.15) is 58.3 Å². The molecule has 0 spiro atoms. The van der Waals surface area contributed by atoms with Crippen LogP contribution >= 0.6 is 0 Å². The Labute approximate surface area is 78.1 Å². The van der Waals surface area contributed by atoms with E-state index in [0.29, 0.717) is 0 Å². The third-order valence-corrected chi connectivity index (χ3v) is 2.01. The highest BCUT2D eigenvalue weighted by molar-refractivity contribution is 4.81. The fourth-order valence-corrected chi connectivity index (χ4v) is 1.22. The first-order valence-electron chi connectivity index (χ1n) is 5.36. The fourth-order valence-electron chi connectivity index (χ4n) is 1.22. The van der Waals surface area contributed by atoms with E-state index in [4.69, 9.17) is 0 Å². The maximum absolute atomic E-state index is 3.79. The molecule has 0 amide bonds. The van der Waals surface area contributed by atoms with Crippen molar-refractivity contribution in [3.8, 4) is 0 Å². The molecule has 0 aromatic heterocycles. The summed E-state index contributed by atoms with van der Waals surface area (Å²) in [7, 11) is 0. The second-order valence-corrected chi connectivity index (χ2v) is 3.32. The molecule has 0 aliphatic carbocycles. The van der Waals surface area contributed by atoms with E-state index in [-0.39, 0.29) is 0 Å². The van der Waals surface area contributed by atoms with E-state index in [2.05, 4.69) is 26.0 Å². The van der Waals surface area contributed by atoms with Crippen molar-refractivity contribution in [3.63, 3.8) is 0 Å². The summed E-state index contributed by atoms with van der Waals surface area (Å²) in [6, 6.07) is 0. The van der Waals surface area contributed by atoms with Gasteiger partial charge in [-0.3, -0.25) is 0 Å². The van der Waals surface area contributed by atoms with Crippen molar-refractivity contribution in [2.75, 3.05) is 0 Å². The van der Waals surface area contributed by atoms with Gasteiger partial charge in [-0.2, -0.15) is 0 Å². The Bertz CT molecular complexity index is 92.2. The first-order valence-corrected chi connectivity index (χ1v) is 5.36. The molecule has 0 unspecified atom stereocenters. The van der Waals surface area contributed by atoms with Crippen molar-refractivity contribution >= 4 is 0 Å². The van der Waals surface area contributed by atoms with Gasteiger partial charge in [0, 0.05) is 0 Å². The molecule has 12 heavy (non-hydrogen) atoms. The third kappa shape index (κ3) is 9.74. The van der Waals surface area contributed by atoms with Crippen molar-refractivity contribution in [2.24, 2.45) is 0 Å². The molecule has 0 bridgehead atoms. The average Bonchev–Trinajstić information content (AvgIpc) is 2.10. The molecule has 0 fully saturated rings. The van der Waals surface area contributed by atoms with E-state index in [1.807, 2.05) is 0 Å². The molecule has 0 aliphatic heterocycles. The van der Waals surface area contributed by atoms with Gasteiger partial charge in [-0.25, -0.2) is 0 Å². The van der Waals surface area contributed by atoms with Gasteiger partial charge in [0.1, 0.15) is 0 Å². The summed E-state index contributed by atoms with van der Waals surface area (Å²) >= 11 is 0. The minimum Gasteiger partial charge on any atom is -0.0885 e. The zero-order chi connectivity index (χ0) is 9.07. The lowest BCUT2D eigenvalue weighted by Gasteiger charge is -1.95. The largest absolute Gasteiger partial charge is 0.0885 e. The standard InChI is InChI=1S/C12H23/c1-3-5-7-9-11-12-10-8-6-4-2/h7,9H,1,3-6,8,10-12H2,2H3/b9-7+. The second-order valence-electron chi connectivity index (χ2n) is 3.32. The van der Waals surface area contributed by atoms with Gasteiger partial charge in [0.2, 0.25) is 0 Å². The first kappa shape index (κ1) is 11.7. The summed E-state index contributed by atoms with van der Waals surface area (Å²) in [5.41, 5.74) is 0. The third-order valence-electron chi connectivity index (χ3n) is 2.01. The van der Waals surface area contributed by atoms with Gasteiger partial charge in [0.25, 0.3) is 0 Å². The van der Waals surface area contributed by atoms with Crippen molar-refractivity contribution < 1.29 is 0 Å². The minimum absolute atomic E-state index is 1.03. The highest BCUT2D eigenvalue weighted by Crippen LogP contribution is 2.05. The Morgan fingerprint density at radius 3 is 2.25 bits per heavy atom. The van der Waals surface area contributed by atoms with Crippen LogP contribution in [0.2, 0.25) is 0 Å². The van der Waals surface area contributed by atoms with Gasteiger partial charge in [-0.05, 0) is 25.7 Å².